The highest BCUT2D eigenvalue weighted by molar-refractivity contribution is 5.85. The van der Waals surface area contributed by atoms with Crippen molar-refractivity contribution in [1.29, 1.82) is 0 Å². The van der Waals surface area contributed by atoms with Crippen molar-refractivity contribution in [2.24, 2.45) is 5.92 Å². The normalized spacial score (nSPS) is 25.6. The van der Waals surface area contributed by atoms with Gasteiger partial charge in [0.25, 0.3) is 0 Å². The van der Waals surface area contributed by atoms with E-state index in [4.69, 9.17) is 4.74 Å². The van der Waals surface area contributed by atoms with E-state index in [2.05, 4.69) is 15.1 Å². The van der Waals surface area contributed by atoms with E-state index in [1.165, 1.54) is 38.5 Å². The smallest absolute Gasteiger partial charge is 0.239 e. The number of piperidine rings is 2. The summed E-state index contributed by atoms with van der Waals surface area (Å²) >= 11 is 0. The third-order valence-electron chi connectivity index (χ3n) is 6.24. The molecule has 26 heavy (non-hydrogen) atoms. The molecule has 3 heterocycles. The Morgan fingerprint density at radius 2 is 1.73 bits per heavy atom. The maximum absolute atomic E-state index is 13.1. The maximum atomic E-state index is 13.1. The monoisotopic (exact) mass is 409 g/mol. The van der Waals surface area contributed by atoms with Crippen LogP contribution in [0.5, 0.6) is 0 Å². The van der Waals surface area contributed by atoms with Crippen LogP contribution in [0.15, 0.2) is 0 Å². The zero-order chi connectivity index (χ0) is 16.8. The highest BCUT2D eigenvalue weighted by Gasteiger charge is 2.38. The number of halogens is 2. The molecule has 0 radical (unpaired) electrons. The molecule has 0 bridgehead atoms. The number of methoxy groups -OCH3 is 1. The molecule has 0 spiro atoms. The Morgan fingerprint density at radius 3 is 2.38 bits per heavy atom. The molecule has 0 aromatic carbocycles. The first kappa shape index (κ1) is 24.0. The van der Waals surface area contributed by atoms with E-state index in [0.29, 0.717) is 11.9 Å². The number of carbonyl (C=O) groups excluding carboxylic acids is 1. The summed E-state index contributed by atoms with van der Waals surface area (Å²) in [6.45, 7) is 6.13. The summed E-state index contributed by atoms with van der Waals surface area (Å²) in [7, 11) is 1.77. The van der Waals surface area contributed by atoms with Gasteiger partial charge < -0.3 is 15.0 Å². The van der Waals surface area contributed by atoms with Crippen molar-refractivity contribution in [1.82, 2.24) is 15.1 Å². The van der Waals surface area contributed by atoms with E-state index in [9.17, 15) is 4.79 Å². The van der Waals surface area contributed by atoms with E-state index in [1.54, 1.807) is 7.11 Å². The van der Waals surface area contributed by atoms with Crippen molar-refractivity contribution in [2.45, 2.75) is 63.5 Å². The SMILES string of the molecule is COCCCC1CCN(C(=O)[C@@H]2CCCN2C2CCNCC2)CC1.Cl.Cl. The van der Waals surface area contributed by atoms with Crippen LogP contribution in [0.4, 0.5) is 0 Å². The van der Waals surface area contributed by atoms with Crippen LogP contribution >= 0.6 is 24.8 Å². The molecule has 0 saturated carbocycles. The number of hydrogen-bond donors (Lipinski definition) is 1. The molecule has 154 valence electrons. The summed E-state index contributed by atoms with van der Waals surface area (Å²) in [5.41, 5.74) is 0. The number of ether oxygens (including phenoxy) is 1. The zero-order valence-electron chi connectivity index (χ0n) is 16.2. The van der Waals surface area contributed by atoms with Crippen molar-refractivity contribution in [3.05, 3.63) is 0 Å². The molecule has 3 aliphatic rings. The van der Waals surface area contributed by atoms with Crippen molar-refractivity contribution >= 4 is 30.7 Å². The Hall–Kier alpha value is -0.0700. The first-order valence-electron chi connectivity index (χ1n) is 10.0. The van der Waals surface area contributed by atoms with Crippen molar-refractivity contribution in [3.8, 4) is 0 Å². The number of amides is 1. The Morgan fingerprint density at radius 1 is 1.04 bits per heavy atom. The predicted molar refractivity (Wildman–Crippen MR) is 111 cm³/mol. The number of carbonyl (C=O) groups is 1. The lowest BCUT2D eigenvalue weighted by Crippen LogP contribution is -2.53. The third-order valence-corrected chi connectivity index (χ3v) is 6.24. The van der Waals surface area contributed by atoms with Gasteiger partial charge in [-0.2, -0.15) is 0 Å². The van der Waals surface area contributed by atoms with Crippen molar-refractivity contribution in [3.63, 3.8) is 0 Å². The Balaban J connectivity index is 0.00000169. The Labute approximate surface area is 171 Å². The molecule has 0 unspecified atom stereocenters. The summed E-state index contributed by atoms with van der Waals surface area (Å²) < 4.78 is 5.15. The molecule has 0 aliphatic carbocycles. The van der Waals surface area contributed by atoms with E-state index in [0.717, 1.165) is 58.1 Å². The van der Waals surface area contributed by atoms with Crippen LogP contribution in [0, 0.1) is 5.92 Å². The minimum atomic E-state index is 0. The lowest BCUT2D eigenvalue weighted by molar-refractivity contribution is -0.138. The van der Waals surface area contributed by atoms with Gasteiger partial charge in [-0.15, -0.1) is 24.8 Å². The van der Waals surface area contributed by atoms with Gasteiger partial charge in [-0.05, 0) is 76.9 Å². The molecule has 3 fully saturated rings. The molecule has 1 atom stereocenters. The van der Waals surface area contributed by atoms with Gasteiger partial charge in [0.2, 0.25) is 5.91 Å². The number of likely N-dealkylation sites (tertiary alicyclic amines) is 2. The van der Waals surface area contributed by atoms with Gasteiger partial charge in [-0.25, -0.2) is 0 Å². The van der Waals surface area contributed by atoms with Gasteiger partial charge in [0.15, 0.2) is 0 Å². The van der Waals surface area contributed by atoms with Crippen LogP contribution in [-0.4, -0.2) is 74.2 Å². The average Bonchev–Trinajstić information content (AvgIpc) is 3.12. The molecule has 3 saturated heterocycles. The van der Waals surface area contributed by atoms with Crippen LogP contribution in [0.25, 0.3) is 0 Å². The van der Waals surface area contributed by atoms with Gasteiger partial charge in [-0.3, -0.25) is 9.69 Å². The van der Waals surface area contributed by atoms with E-state index >= 15 is 0 Å². The quantitative estimate of drug-likeness (QED) is 0.684. The Bertz CT molecular complexity index is 400. The van der Waals surface area contributed by atoms with Crippen molar-refractivity contribution < 1.29 is 9.53 Å². The van der Waals surface area contributed by atoms with E-state index in [1.807, 2.05) is 0 Å². The highest BCUT2D eigenvalue weighted by Crippen LogP contribution is 2.28. The zero-order valence-corrected chi connectivity index (χ0v) is 17.8. The standard InChI is InChI=1S/C19H35N3O2.2ClH/c1-24-15-3-4-16-8-13-21(14-9-16)19(23)18-5-2-12-22(18)17-6-10-20-11-7-17;;/h16-18,20H,2-15H2,1H3;2*1H/t18-;;/m0../s1. The lowest BCUT2D eigenvalue weighted by atomic mass is 9.92. The first-order chi connectivity index (χ1) is 11.8. The van der Waals surface area contributed by atoms with Gasteiger partial charge >= 0.3 is 0 Å². The number of rotatable bonds is 6. The largest absolute Gasteiger partial charge is 0.385 e. The van der Waals surface area contributed by atoms with E-state index < -0.39 is 0 Å². The molecular weight excluding hydrogens is 373 g/mol. The molecule has 1 N–H and O–H groups in total. The second kappa shape index (κ2) is 12.4. The fraction of sp³-hybridized carbons (Fsp3) is 0.947. The molecule has 3 rings (SSSR count). The number of nitrogens with zero attached hydrogens (tertiary/aromatic N) is 2. The van der Waals surface area contributed by atoms with Crippen LogP contribution in [0.3, 0.4) is 0 Å². The lowest BCUT2D eigenvalue weighted by Gasteiger charge is -2.39. The van der Waals surface area contributed by atoms with Gasteiger partial charge in [-0.1, -0.05) is 0 Å². The van der Waals surface area contributed by atoms with Crippen LogP contribution in [-0.2, 0) is 9.53 Å². The fourth-order valence-electron chi connectivity index (χ4n) is 4.80. The Kier molecular flexibility index (Phi) is 11.4. The molecule has 0 aromatic rings. The maximum Gasteiger partial charge on any atom is 0.239 e. The molecule has 0 aromatic heterocycles. The molecular formula is C19H37Cl2N3O2. The second-order valence-corrected chi connectivity index (χ2v) is 7.78. The fourth-order valence-corrected chi connectivity index (χ4v) is 4.80. The minimum absolute atomic E-state index is 0. The summed E-state index contributed by atoms with van der Waals surface area (Å²) in [4.78, 5) is 17.8. The summed E-state index contributed by atoms with van der Waals surface area (Å²) in [6, 6.07) is 0.785. The summed E-state index contributed by atoms with van der Waals surface area (Å²) in [5.74, 6) is 1.20. The number of hydrogen-bond acceptors (Lipinski definition) is 4. The highest BCUT2D eigenvalue weighted by atomic mass is 35.5. The second-order valence-electron chi connectivity index (χ2n) is 7.78. The molecule has 3 aliphatic heterocycles. The van der Waals surface area contributed by atoms with Gasteiger partial charge in [0.05, 0.1) is 6.04 Å². The average molecular weight is 410 g/mol. The predicted octanol–water partition coefficient (Wildman–Crippen LogP) is 2.71. The topological polar surface area (TPSA) is 44.8 Å². The van der Waals surface area contributed by atoms with Crippen LogP contribution in [0.2, 0.25) is 0 Å². The molecule has 1 amide bonds. The third kappa shape index (κ3) is 6.23. The van der Waals surface area contributed by atoms with Crippen molar-refractivity contribution in [2.75, 3.05) is 46.4 Å². The van der Waals surface area contributed by atoms with Gasteiger partial charge in [0.1, 0.15) is 0 Å². The number of nitrogens with one attached hydrogen (secondary N) is 1. The van der Waals surface area contributed by atoms with Gasteiger partial charge in [0, 0.05) is 32.8 Å². The summed E-state index contributed by atoms with van der Waals surface area (Å²) in [5, 5.41) is 3.44. The van der Waals surface area contributed by atoms with Crippen LogP contribution in [0.1, 0.15) is 51.4 Å². The van der Waals surface area contributed by atoms with E-state index in [-0.39, 0.29) is 30.9 Å². The van der Waals surface area contributed by atoms with Crippen LogP contribution < -0.4 is 5.32 Å². The molecule has 7 heteroatoms. The molecule has 5 nitrogen and oxygen atoms in total. The minimum Gasteiger partial charge on any atom is -0.385 e. The summed E-state index contributed by atoms with van der Waals surface area (Å²) in [6.07, 6.45) is 9.41. The first-order valence-corrected chi connectivity index (χ1v) is 10.0.